The predicted molar refractivity (Wildman–Crippen MR) is 184 cm³/mol. The molecule has 0 aromatic heterocycles. The fourth-order valence-corrected chi connectivity index (χ4v) is 5.17. The van der Waals surface area contributed by atoms with Crippen molar-refractivity contribution in [2.45, 2.75) is 193 Å². The van der Waals surface area contributed by atoms with Crippen LogP contribution in [0.1, 0.15) is 181 Å². The number of rotatable bonds is 33. The summed E-state index contributed by atoms with van der Waals surface area (Å²) in [4.78, 5) is 23.8. The Hall–Kier alpha value is -1.66. The number of hydrogen-bond donors (Lipinski definition) is 2. The maximum Gasteiger partial charge on any atom is 0.305 e. The standard InChI is InChI=1S/C38H70O6/c1-3-5-7-21-27-35(39)29-23-17-13-9-11-15-19-25-31-37(41)43-33-34-44-38(42)32-26-20-16-12-10-14-18-24-30-36(40)28-22-8-6-4-2/h17-18,23-24,35-36,39-40H,3-16,19-22,25-34H2,1-2H3/b23-17-,24-18-. The van der Waals surface area contributed by atoms with Gasteiger partial charge in [-0.25, -0.2) is 0 Å². The number of aliphatic hydroxyl groups excluding tert-OH is 2. The number of esters is 2. The Morgan fingerprint density at radius 1 is 0.500 bits per heavy atom. The third-order valence-electron chi connectivity index (χ3n) is 8.04. The fourth-order valence-electron chi connectivity index (χ4n) is 5.17. The van der Waals surface area contributed by atoms with Crippen LogP contribution >= 0.6 is 0 Å². The molecule has 0 aromatic rings. The van der Waals surface area contributed by atoms with Gasteiger partial charge in [0.1, 0.15) is 13.2 Å². The van der Waals surface area contributed by atoms with E-state index in [4.69, 9.17) is 9.47 Å². The highest BCUT2D eigenvalue weighted by atomic mass is 16.6. The average Bonchev–Trinajstić information content (AvgIpc) is 3.01. The zero-order valence-corrected chi connectivity index (χ0v) is 28.8. The molecule has 0 rings (SSSR count). The second-order valence-corrected chi connectivity index (χ2v) is 12.5. The monoisotopic (exact) mass is 623 g/mol. The molecule has 0 aliphatic carbocycles. The third-order valence-corrected chi connectivity index (χ3v) is 8.04. The first kappa shape index (κ1) is 42.3. The molecule has 0 aliphatic heterocycles. The van der Waals surface area contributed by atoms with E-state index in [1.165, 1.54) is 38.5 Å². The molecule has 0 fully saturated rings. The summed E-state index contributed by atoms with van der Waals surface area (Å²) in [5.74, 6) is -0.434. The normalized spacial score (nSPS) is 13.1. The summed E-state index contributed by atoms with van der Waals surface area (Å²) in [7, 11) is 0. The van der Waals surface area contributed by atoms with E-state index in [-0.39, 0.29) is 37.4 Å². The van der Waals surface area contributed by atoms with E-state index < -0.39 is 0 Å². The van der Waals surface area contributed by atoms with Crippen molar-refractivity contribution in [1.82, 2.24) is 0 Å². The van der Waals surface area contributed by atoms with E-state index in [2.05, 4.69) is 38.2 Å². The smallest absolute Gasteiger partial charge is 0.305 e. The van der Waals surface area contributed by atoms with Gasteiger partial charge in [-0.1, -0.05) is 128 Å². The second-order valence-electron chi connectivity index (χ2n) is 12.5. The van der Waals surface area contributed by atoms with Crippen LogP contribution in [-0.2, 0) is 19.1 Å². The Morgan fingerprint density at radius 3 is 1.27 bits per heavy atom. The molecule has 0 amide bonds. The lowest BCUT2D eigenvalue weighted by Crippen LogP contribution is -2.13. The maximum atomic E-state index is 11.9. The van der Waals surface area contributed by atoms with E-state index in [1.807, 2.05) is 0 Å². The Kier molecular flexibility index (Phi) is 32.9. The summed E-state index contributed by atoms with van der Waals surface area (Å²) in [6.07, 6.45) is 34.7. The molecular formula is C38H70O6. The van der Waals surface area contributed by atoms with Crippen molar-refractivity contribution in [3.63, 3.8) is 0 Å². The quantitative estimate of drug-likeness (QED) is 0.0430. The van der Waals surface area contributed by atoms with Crippen molar-refractivity contribution in [2.75, 3.05) is 13.2 Å². The number of ether oxygens (including phenoxy) is 2. The van der Waals surface area contributed by atoms with Crippen LogP contribution in [0.25, 0.3) is 0 Å². The molecule has 6 heteroatoms. The number of carbonyl (C=O) groups is 2. The molecule has 2 N–H and O–H groups in total. The molecule has 0 heterocycles. The molecule has 0 aliphatic rings. The largest absolute Gasteiger partial charge is 0.462 e. The average molecular weight is 623 g/mol. The van der Waals surface area contributed by atoms with E-state index in [1.54, 1.807) is 0 Å². The SMILES string of the molecule is CCCCCCC(O)C/C=C\CCCCCCCC(=O)OCCOC(=O)CCCCCCC/C=C\CC(O)CCCCCC. The fraction of sp³-hybridized carbons (Fsp3) is 0.842. The molecule has 44 heavy (non-hydrogen) atoms. The molecule has 0 radical (unpaired) electrons. The highest BCUT2D eigenvalue weighted by Crippen LogP contribution is 2.12. The van der Waals surface area contributed by atoms with E-state index in [0.29, 0.717) is 12.8 Å². The second kappa shape index (κ2) is 34.2. The van der Waals surface area contributed by atoms with Crippen molar-refractivity contribution in [3.8, 4) is 0 Å². The first-order valence-electron chi connectivity index (χ1n) is 18.5. The molecule has 0 bridgehead atoms. The zero-order chi connectivity index (χ0) is 32.4. The summed E-state index contributed by atoms with van der Waals surface area (Å²) in [5.41, 5.74) is 0. The Bertz CT molecular complexity index is 631. The molecular weight excluding hydrogens is 552 g/mol. The van der Waals surface area contributed by atoms with Gasteiger partial charge in [-0.15, -0.1) is 0 Å². The number of hydrogen-bond acceptors (Lipinski definition) is 6. The topological polar surface area (TPSA) is 93.1 Å². The zero-order valence-electron chi connectivity index (χ0n) is 28.8. The molecule has 0 spiro atoms. The van der Waals surface area contributed by atoms with Crippen LogP contribution in [0.15, 0.2) is 24.3 Å². The molecule has 258 valence electrons. The molecule has 2 atom stereocenters. The number of allylic oxidation sites excluding steroid dienone is 2. The van der Waals surface area contributed by atoms with Gasteiger partial charge in [0.15, 0.2) is 0 Å². The highest BCUT2D eigenvalue weighted by Gasteiger charge is 2.06. The van der Waals surface area contributed by atoms with E-state index in [9.17, 15) is 19.8 Å². The third kappa shape index (κ3) is 33.2. The minimum atomic E-state index is -0.217. The highest BCUT2D eigenvalue weighted by molar-refractivity contribution is 5.70. The van der Waals surface area contributed by atoms with Crippen molar-refractivity contribution in [3.05, 3.63) is 24.3 Å². The van der Waals surface area contributed by atoms with Crippen LogP contribution in [-0.4, -0.2) is 47.6 Å². The Balaban J connectivity index is 3.44. The summed E-state index contributed by atoms with van der Waals surface area (Å²) < 4.78 is 10.4. The maximum absolute atomic E-state index is 11.9. The molecule has 6 nitrogen and oxygen atoms in total. The first-order chi connectivity index (χ1) is 21.5. The lowest BCUT2D eigenvalue weighted by molar-refractivity contribution is -0.152. The van der Waals surface area contributed by atoms with Gasteiger partial charge in [0, 0.05) is 12.8 Å². The van der Waals surface area contributed by atoms with Gasteiger partial charge >= 0.3 is 11.9 Å². The van der Waals surface area contributed by atoms with Crippen LogP contribution in [0.5, 0.6) is 0 Å². The number of unbranched alkanes of at least 4 members (excludes halogenated alkanes) is 16. The van der Waals surface area contributed by atoms with Crippen molar-refractivity contribution in [1.29, 1.82) is 0 Å². The Morgan fingerprint density at radius 2 is 0.864 bits per heavy atom. The molecule has 0 saturated heterocycles. The van der Waals surface area contributed by atoms with Crippen molar-refractivity contribution < 1.29 is 29.3 Å². The van der Waals surface area contributed by atoms with Gasteiger partial charge in [0.25, 0.3) is 0 Å². The lowest BCUT2D eigenvalue weighted by atomic mass is 10.1. The van der Waals surface area contributed by atoms with Crippen LogP contribution in [0.2, 0.25) is 0 Å². The summed E-state index contributed by atoms with van der Waals surface area (Å²) in [6.45, 7) is 4.67. The first-order valence-corrected chi connectivity index (χ1v) is 18.5. The van der Waals surface area contributed by atoms with Crippen LogP contribution in [0.4, 0.5) is 0 Å². The van der Waals surface area contributed by atoms with E-state index >= 15 is 0 Å². The van der Waals surface area contributed by atoms with Gasteiger partial charge in [0.05, 0.1) is 12.2 Å². The van der Waals surface area contributed by atoms with Crippen molar-refractivity contribution in [2.24, 2.45) is 0 Å². The minimum absolute atomic E-state index is 0.133. The number of carbonyl (C=O) groups excluding carboxylic acids is 2. The van der Waals surface area contributed by atoms with Gasteiger partial charge in [0.2, 0.25) is 0 Å². The van der Waals surface area contributed by atoms with Gasteiger partial charge in [-0.05, 0) is 64.2 Å². The Labute approximate surface area is 271 Å². The van der Waals surface area contributed by atoms with Crippen molar-refractivity contribution >= 4 is 11.9 Å². The molecule has 0 saturated carbocycles. The van der Waals surface area contributed by atoms with Crippen LogP contribution < -0.4 is 0 Å². The predicted octanol–water partition coefficient (Wildman–Crippen LogP) is 10.1. The summed E-state index contributed by atoms with van der Waals surface area (Å²) in [5, 5.41) is 20.0. The van der Waals surface area contributed by atoms with E-state index in [0.717, 1.165) is 116 Å². The summed E-state index contributed by atoms with van der Waals surface area (Å²) in [6, 6.07) is 0. The van der Waals surface area contributed by atoms with Crippen LogP contribution in [0, 0.1) is 0 Å². The minimum Gasteiger partial charge on any atom is -0.462 e. The molecule has 0 aromatic carbocycles. The number of aliphatic hydroxyl groups is 2. The van der Waals surface area contributed by atoms with Crippen LogP contribution in [0.3, 0.4) is 0 Å². The lowest BCUT2D eigenvalue weighted by Gasteiger charge is -2.07. The van der Waals surface area contributed by atoms with Gasteiger partial charge in [-0.3, -0.25) is 9.59 Å². The molecule has 2 unspecified atom stereocenters. The van der Waals surface area contributed by atoms with Gasteiger partial charge in [-0.2, -0.15) is 0 Å². The summed E-state index contributed by atoms with van der Waals surface area (Å²) >= 11 is 0. The van der Waals surface area contributed by atoms with Gasteiger partial charge < -0.3 is 19.7 Å².